The van der Waals surface area contributed by atoms with Crippen LogP contribution in [0.1, 0.15) is 53.0 Å². The van der Waals surface area contributed by atoms with E-state index in [2.05, 4.69) is 23.6 Å². The number of ether oxygens (including phenoxy) is 1. The molecule has 0 fully saturated rings. The third-order valence-corrected chi connectivity index (χ3v) is 7.13. The number of carbonyl (C=O) groups is 2. The molecule has 9 nitrogen and oxygen atoms in total. The molecule has 3 rings (SSSR count). The van der Waals surface area contributed by atoms with Crippen molar-refractivity contribution in [3.05, 3.63) is 98.9 Å². The van der Waals surface area contributed by atoms with E-state index in [4.69, 9.17) is 4.74 Å². The van der Waals surface area contributed by atoms with Crippen LogP contribution in [0.4, 0.5) is 5.69 Å². The first kappa shape index (κ1) is 29.6. The normalized spacial score (nSPS) is 11.7. The summed E-state index contributed by atoms with van der Waals surface area (Å²) < 4.78 is 7.33. The van der Waals surface area contributed by atoms with Gasteiger partial charge in [-0.05, 0) is 56.5 Å². The van der Waals surface area contributed by atoms with Crippen LogP contribution in [0.5, 0.6) is 0 Å². The van der Waals surface area contributed by atoms with E-state index in [9.17, 15) is 19.7 Å². The minimum atomic E-state index is -0.506. The fourth-order valence-corrected chi connectivity index (χ4v) is 4.43. The Kier molecular flexibility index (Phi) is 10.4. The number of aryl methyl sites for hydroxylation is 2. The van der Waals surface area contributed by atoms with Crippen LogP contribution in [0.15, 0.2) is 60.8 Å². The van der Waals surface area contributed by atoms with Gasteiger partial charge in [0.25, 0.3) is 11.6 Å². The summed E-state index contributed by atoms with van der Waals surface area (Å²) in [5, 5.41) is 11.4. The quantitative estimate of drug-likeness (QED) is 0.228. The molecule has 1 atom stereocenters. The van der Waals surface area contributed by atoms with E-state index in [0.29, 0.717) is 18.7 Å². The second-order valence-electron chi connectivity index (χ2n) is 9.81. The first-order valence-corrected chi connectivity index (χ1v) is 13.2. The van der Waals surface area contributed by atoms with Gasteiger partial charge in [0, 0.05) is 55.3 Å². The summed E-state index contributed by atoms with van der Waals surface area (Å²) in [6.45, 7) is 9.08. The lowest BCUT2D eigenvalue weighted by molar-refractivity contribution is -0.385. The van der Waals surface area contributed by atoms with E-state index in [-0.39, 0.29) is 42.9 Å². The summed E-state index contributed by atoms with van der Waals surface area (Å²) in [6, 6.07) is 16.5. The average molecular weight is 535 g/mol. The minimum Gasteiger partial charge on any atom is -0.383 e. The number of hydrogen-bond acceptors (Lipinski definition) is 5. The lowest BCUT2D eigenvalue weighted by Gasteiger charge is -2.32. The van der Waals surface area contributed by atoms with Gasteiger partial charge in [-0.15, -0.1) is 0 Å². The van der Waals surface area contributed by atoms with Gasteiger partial charge in [-0.3, -0.25) is 19.7 Å². The average Bonchev–Trinajstić information content (AvgIpc) is 3.36. The molecule has 0 saturated carbocycles. The first-order valence-electron chi connectivity index (χ1n) is 13.2. The second kappa shape index (κ2) is 13.7. The van der Waals surface area contributed by atoms with Crippen LogP contribution in [-0.4, -0.2) is 64.0 Å². The van der Waals surface area contributed by atoms with Crippen LogP contribution >= 0.6 is 0 Å². The number of methoxy groups -OCH3 is 1. The lowest BCUT2D eigenvalue weighted by atomic mass is 10.1. The van der Waals surface area contributed by atoms with Gasteiger partial charge in [0.15, 0.2) is 0 Å². The molecule has 2 amide bonds. The number of aromatic nitrogens is 1. The van der Waals surface area contributed by atoms with Gasteiger partial charge in [0.05, 0.1) is 18.1 Å². The van der Waals surface area contributed by atoms with Crippen LogP contribution in [0.2, 0.25) is 0 Å². The van der Waals surface area contributed by atoms with Crippen molar-refractivity contribution in [3.63, 3.8) is 0 Å². The Morgan fingerprint density at radius 1 is 1.08 bits per heavy atom. The maximum atomic E-state index is 13.7. The molecule has 1 unspecified atom stereocenters. The fraction of sp³-hybridized carbons (Fsp3) is 0.400. The number of nitro benzene ring substituents is 1. The molecular formula is C30H38N4O5. The fourth-order valence-electron chi connectivity index (χ4n) is 4.43. The number of nitro groups is 1. The van der Waals surface area contributed by atoms with Crippen molar-refractivity contribution in [1.82, 2.24) is 14.4 Å². The molecule has 39 heavy (non-hydrogen) atoms. The van der Waals surface area contributed by atoms with Crippen molar-refractivity contribution in [2.45, 2.75) is 53.2 Å². The highest BCUT2D eigenvalue weighted by Crippen LogP contribution is 2.21. The van der Waals surface area contributed by atoms with Gasteiger partial charge >= 0.3 is 0 Å². The molecule has 0 bridgehead atoms. The predicted molar refractivity (Wildman–Crippen MR) is 151 cm³/mol. The highest BCUT2D eigenvalue weighted by Gasteiger charge is 2.26. The maximum absolute atomic E-state index is 13.7. The van der Waals surface area contributed by atoms with Crippen LogP contribution in [0.3, 0.4) is 0 Å². The number of benzene rings is 2. The molecule has 3 aromatic rings. The zero-order valence-corrected chi connectivity index (χ0v) is 23.4. The Balaban J connectivity index is 1.83. The molecule has 1 heterocycles. The summed E-state index contributed by atoms with van der Waals surface area (Å²) in [4.78, 5) is 41.2. The van der Waals surface area contributed by atoms with E-state index in [1.807, 2.05) is 44.3 Å². The van der Waals surface area contributed by atoms with Crippen molar-refractivity contribution < 1.29 is 19.2 Å². The highest BCUT2D eigenvalue weighted by atomic mass is 16.6. The van der Waals surface area contributed by atoms with E-state index < -0.39 is 10.8 Å². The van der Waals surface area contributed by atoms with E-state index >= 15 is 0 Å². The topological polar surface area (TPSA) is 97.9 Å². The Labute approximate surface area is 230 Å². The van der Waals surface area contributed by atoms with Gasteiger partial charge < -0.3 is 19.1 Å². The van der Waals surface area contributed by atoms with Crippen molar-refractivity contribution >= 4 is 17.5 Å². The zero-order valence-electron chi connectivity index (χ0n) is 23.4. The summed E-state index contributed by atoms with van der Waals surface area (Å²) in [5.74, 6) is -0.644. The van der Waals surface area contributed by atoms with Crippen molar-refractivity contribution in [2.75, 3.05) is 26.8 Å². The number of nitrogens with zero attached hydrogens (tertiary/aromatic N) is 4. The van der Waals surface area contributed by atoms with Crippen molar-refractivity contribution in [3.8, 4) is 0 Å². The first-order chi connectivity index (χ1) is 18.7. The zero-order chi connectivity index (χ0) is 28.5. The largest absolute Gasteiger partial charge is 0.383 e. The maximum Gasteiger partial charge on any atom is 0.273 e. The molecule has 208 valence electrons. The van der Waals surface area contributed by atoms with E-state index in [0.717, 1.165) is 12.1 Å². The standard InChI is InChI=1S/C30H38N4O5/c1-6-24(4)33(20-27-12-9-15-31(27)19-26-11-8-7-10-22(26)2)29(35)21-32(16-17-39-5)30(36)25-14-13-23(3)28(18-25)34(37)38/h7-15,18,24H,6,16-17,19-21H2,1-5H3. The molecule has 9 heteroatoms. The van der Waals surface area contributed by atoms with Gasteiger partial charge in [0.2, 0.25) is 5.91 Å². The predicted octanol–water partition coefficient (Wildman–Crippen LogP) is 4.98. The second-order valence-corrected chi connectivity index (χ2v) is 9.81. The molecular weight excluding hydrogens is 496 g/mol. The molecule has 0 aliphatic carbocycles. The minimum absolute atomic E-state index is 0.0563. The summed E-state index contributed by atoms with van der Waals surface area (Å²) in [7, 11) is 1.52. The summed E-state index contributed by atoms with van der Waals surface area (Å²) in [6.07, 6.45) is 2.76. The molecule has 2 aromatic carbocycles. The van der Waals surface area contributed by atoms with Gasteiger partial charge in [-0.1, -0.05) is 37.3 Å². The van der Waals surface area contributed by atoms with Crippen molar-refractivity contribution in [1.29, 1.82) is 0 Å². The molecule has 0 spiro atoms. The van der Waals surface area contributed by atoms with Gasteiger partial charge in [-0.2, -0.15) is 0 Å². The Bertz CT molecular complexity index is 1300. The third kappa shape index (κ3) is 7.54. The molecule has 0 N–H and O–H groups in total. The SMILES string of the molecule is CCC(C)N(Cc1cccn1Cc1ccccc1C)C(=O)CN(CCOC)C(=O)c1ccc(C)c([N+](=O)[O-])c1. The molecule has 0 saturated heterocycles. The van der Waals surface area contributed by atoms with Crippen LogP contribution < -0.4 is 0 Å². The summed E-state index contributed by atoms with van der Waals surface area (Å²) in [5.41, 5.74) is 3.91. The molecule has 0 aliphatic rings. The van der Waals surface area contributed by atoms with Gasteiger partial charge in [-0.25, -0.2) is 0 Å². The Morgan fingerprint density at radius 3 is 2.49 bits per heavy atom. The van der Waals surface area contributed by atoms with E-state index in [1.54, 1.807) is 24.0 Å². The number of amides is 2. The van der Waals surface area contributed by atoms with Crippen LogP contribution in [-0.2, 0) is 22.6 Å². The lowest BCUT2D eigenvalue weighted by Crippen LogP contribution is -2.47. The number of rotatable bonds is 13. The molecule has 1 aromatic heterocycles. The van der Waals surface area contributed by atoms with E-state index in [1.165, 1.54) is 29.2 Å². The van der Waals surface area contributed by atoms with Crippen LogP contribution in [0.25, 0.3) is 0 Å². The smallest absolute Gasteiger partial charge is 0.273 e. The Morgan fingerprint density at radius 2 is 1.82 bits per heavy atom. The number of carbonyl (C=O) groups excluding carboxylic acids is 2. The molecule has 0 aliphatic heterocycles. The number of hydrogen-bond donors (Lipinski definition) is 0. The monoisotopic (exact) mass is 534 g/mol. The van der Waals surface area contributed by atoms with Gasteiger partial charge in [0.1, 0.15) is 6.54 Å². The Hall–Kier alpha value is -3.98. The van der Waals surface area contributed by atoms with Crippen LogP contribution in [0, 0.1) is 24.0 Å². The third-order valence-electron chi connectivity index (χ3n) is 7.13. The van der Waals surface area contributed by atoms with Crippen molar-refractivity contribution in [2.24, 2.45) is 0 Å². The summed E-state index contributed by atoms with van der Waals surface area (Å²) >= 11 is 0. The highest BCUT2D eigenvalue weighted by molar-refractivity contribution is 5.97. The molecule has 0 radical (unpaired) electrons.